The molecule has 0 saturated heterocycles. The number of hydrogen-bond donors (Lipinski definition) is 1. The Morgan fingerprint density at radius 2 is 1.50 bits per heavy atom. The molecule has 0 atom stereocenters. The Hall–Kier alpha value is -0.960. The summed E-state index contributed by atoms with van der Waals surface area (Å²) in [5, 5.41) is 1.54. The fourth-order valence-electron chi connectivity index (χ4n) is 1.33. The molecule has 0 aliphatic heterocycles. The highest BCUT2D eigenvalue weighted by atomic mass is 35.5. The van der Waals surface area contributed by atoms with E-state index in [1.807, 2.05) is 0 Å². The van der Waals surface area contributed by atoms with Crippen molar-refractivity contribution in [3.8, 4) is 11.1 Å². The van der Waals surface area contributed by atoms with E-state index in [-0.39, 0.29) is 0 Å². The van der Waals surface area contributed by atoms with Crippen LogP contribution in [0.3, 0.4) is 0 Å². The van der Waals surface area contributed by atoms with E-state index >= 15 is 0 Å². The summed E-state index contributed by atoms with van der Waals surface area (Å²) in [6.07, 6.45) is 1.63. The average Bonchev–Trinajstić information content (AvgIpc) is 2.20. The number of nitrogens with two attached hydrogens (primary N) is 1. The van der Waals surface area contributed by atoms with Crippen LogP contribution in [-0.4, -0.2) is 4.98 Å². The standard InChI is InChI=1S/C11H7Cl3N2/c12-8-1-6(2-9(13)4-8)7-3-10(14)11(15)16-5-7/h1-5H,(H2,15,16). The van der Waals surface area contributed by atoms with Gasteiger partial charge in [-0.25, -0.2) is 4.98 Å². The lowest BCUT2D eigenvalue weighted by Gasteiger charge is -2.04. The minimum atomic E-state index is 0.304. The van der Waals surface area contributed by atoms with Gasteiger partial charge in [-0.3, -0.25) is 0 Å². The maximum Gasteiger partial charge on any atom is 0.142 e. The lowest BCUT2D eigenvalue weighted by molar-refractivity contribution is 1.34. The SMILES string of the molecule is Nc1ncc(-c2cc(Cl)cc(Cl)c2)cc1Cl. The lowest BCUT2D eigenvalue weighted by atomic mass is 10.1. The van der Waals surface area contributed by atoms with E-state index < -0.39 is 0 Å². The van der Waals surface area contributed by atoms with Gasteiger partial charge < -0.3 is 5.73 Å². The Morgan fingerprint density at radius 3 is 2.06 bits per heavy atom. The Morgan fingerprint density at radius 1 is 0.875 bits per heavy atom. The van der Waals surface area contributed by atoms with Gasteiger partial charge in [0.15, 0.2) is 0 Å². The van der Waals surface area contributed by atoms with Gasteiger partial charge in [-0.05, 0) is 29.8 Å². The van der Waals surface area contributed by atoms with Gasteiger partial charge in [0, 0.05) is 21.8 Å². The van der Waals surface area contributed by atoms with Crippen LogP contribution in [-0.2, 0) is 0 Å². The van der Waals surface area contributed by atoms with Crippen LogP contribution in [0.15, 0.2) is 30.5 Å². The van der Waals surface area contributed by atoms with Gasteiger partial charge in [-0.15, -0.1) is 0 Å². The second kappa shape index (κ2) is 4.50. The summed E-state index contributed by atoms with van der Waals surface area (Å²) in [5.41, 5.74) is 7.21. The molecule has 0 aliphatic rings. The second-order valence-electron chi connectivity index (χ2n) is 3.25. The number of pyridine rings is 1. The van der Waals surface area contributed by atoms with E-state index in [2.05, 4.69) is 4.98 Å². The Bertz CT molecular complexity index is 520. The van der Waals surface area contributed by atoms with E-state index in [0.717, 1.165) is 11.1 Å². The van der Waals surface area contributed by atoms with Crippen LogP contribution in [0.1, 0.15) is 0 Å². The molecule has 0 bridgehead atoms. The van der Waals surface area contributed by atoms with Crippen molar-refractivity contribution in [2.24, 2.45) is 0 Å². The summed E-state index contributed by atoms with van der Waals surface area (Å²) in [4.78, 5) is 3.97. The van der Waals surface area contributed by atoms with Crippen molar-refractivity contribution in [3.63, 3.8) is 0 Å². The Kier molecular flexibility index (Phi) is 3.24. The van der Waals surface area contributed by atoms with Gasteiger partial charge >= 0.3 is 0 Å². The normalized spacial score (nSPS) is 10.4. The molecule has 1 aromatic heterocycles. The monoisotopic (exact) mass is 272 g/mol. The van der Waals surface area contributed by atoms with Gasteiger partial charge in [-0.2, -0.15) is 0 Å². The molecule has 1 aromatic carbocycles. The van der Waals surface area contributed by atoms with E-state index in [1.54, 1.807) is 30.5 Å². The van der Waals surface area contributed by atoms with Crippen LogP contribution in [0.4, 0.5) is 5.82 Å². The first-order valence-electron chi connectivity index (χ1n) is 4.44. The van der Waals surface area contributed by atoms with E-state index in [0.29, 0.717) is 20.9 Å². The predicted molar refractivity (Wildman–Crippen MR) is 69.1 cm³/mol. The van der Waals surface area contributed by atoms with E-state index in [9.17, 15) is 0 Å². The summed E-state index contributed by atoms with van der Waals surface area (Å²) in [6.45, 7) is 0. The predicted octanol–water partition coefficient (Wildman–Crippen LogP) is 4.29. The molecular formula is C11H7Cl3N2. The molecule has 0 unspecified atom stereocenters. The molecule has 0 fully saturated rings. The van der Waals surface area contributed by atoms with Crippen LogP contribution in [0.2, 0.25) is 15.1 Å². The van der Waals surface area contributed by atoms with Gasteiger partial charge in [0.1, 0.15) is 5.82 Å². The average molecular weight is 274 g/mol. The lowest BCUT2D eigenvalue weighted by Crippen LogP contribution is -1.91. The number of nitrogen functional groups attached to an aromatic ring is 1. The first-order chi connectivity index (χ1) is 7.56. The number of hydrogen-bond acceptors (Lipinski definition) is 2. The highest BCUT2D eigenvalue weighted by Crippen LogP contribution is 2.29. The number of aromatic nitrogens is 1. The molecule has 2 N–H and O–H groups in total. The summed E-state index contributed by atoms with van der Waals surface area (Å²) in [5.74, 6) is 0.304. The van der Waals surface area contributed by atoms with Gasteiger partial charge in [0.05, 0.1) is 5.02 Å². The van der Waals surface area contributed by atoms with E-state index in [1.165, 1.54) is 0 Å². The molecule has 2 rings (SSSR count). The van der Waals surface area contributed by atoms with Crippen LogP contribution in [0, 0.1) is 0 Å². The van der Waals surface area contributed by atoms with Crippen molar-refractivity contribution in [2.75, 3.05) is 5.73 Å². The molecule has 16 heavy (non-hydrogen) atoms. The van der Waals surface area contributed by atoms with Crippen LogP contribution >= 0.6 is 34.8 Å². The van der Waals surface area contributed by atoms with Crippen LogP contribution in [0.25, 0.3) is 11.1 Å². The third-order valence-electron chi connectivity index (χ3n) is 2.07. The minimum Gasteiger partial charge on any atom is -0.382 e. The van der Waals surface area contributed by atoms with Crippen molar-refractivity contribution in [2.45, 2.75) is 0 Å². The molecule has 82 valence electrons. The van der Waals surface area contributed by atoms with Gasteiger partial charge in [0.2, 0.25) is 0 Å². The summed E-state index contributed by atoms with van der Waals surface area (Å²) in [7, 11) is 0. The Balaban J connectivity index is 2.54. The number of anilines is 1. The fourth-order valence-corrected chi connectivity index (χ4v) is 2.02. The molecule has 0 spiro atoms. The number of nitrogens with zero attached hydrogens (tertiary/aromatic N) is 1. The van der Waals surface area contributed by atoms with Gasteiger partial charge in [-0.1, -0.05) is 34.8 Å². The van der Waals surface area contributed by atoms with Crippen molar-refractivity contribution in [1.29, 1.82) is 0 Å². The molecule has 2 aromatic rings. The highest BCUT2D eigenvalue weighted by molar-refractivity contribution is 6.35. The number of benzene rings is 1. The molecular weight excluding hydrogens is 266 g/mol. The first kappa shape index (κ1) is 11.5. The molecule has 1 heterocycles. The number of rotatable bonds is 1. The molecule has 0 saturated carbocycles. The van der Waals surface area contributed by atoms with Gasteiger partial charge in [0.25, 0.3) is 0 Å². The molecule has 0 radical (unpaired) electrons. The molecule has 0 aliphatic carbocycles. The maximum absolute atomic E-state index is 5.91. The Labute approximate surface area is 108 Å². The topological polar surface area (TPSA) is 38.9 Å². The minimum absolute atomic E-state index is 0.304. The molecule has 2 nitrogen and oxygen atoms in total. The zero-order chi connectivity index (χ0) is 11.7. The summed E-state index contributed by atoms with van der Waals surface area (Å²) >= 11 is 17.7. The van der Waals surface area contributed by atoms with Crippen molar-refractivity contribution >= 4 is 40.6 Å². The first-order valence-corrected chi connectivity index (χ1v) is 5.57. The van der Waals surface area contributed by atoms with Crippen LogP contribution in [0.5, 0.6) is 0 Å². The summed E-state index contributed by atoms with van der Waals surface area (Å²) < 4.78 is 0. The smallest absolute Gasteiger partial charge is 0.142 e. The van der Waals surface area contributed by atoms with Crippen LogP contribution < -0.4 is 5.73 Å². The summed E-state index contributed by atoms with van der Waals surface area (Å²) in [6, 6.07) is 6.97. The van der Waals surface area contributed by atoms with Crippen molar-refractivity contribution in [3.05, 3.63) is 45.5 Å². The zero-order valence-electron chi connectivity index (χ0n) is 8.05. The molecule has 5 heteroatoms. The largest absolute Gasteiger partial charge is 0.382 e. The third-order valence-corrected chi connectivity index (χ3v) is 2.80. The maximum atomic E-state index is 5.91. The molecule has 0 amide bonds. The zero-order valence-corrected chi connectivity index (χ0v) is 10.3. The second-order valence-corrected chi connectivity index (χ2v) is 4.53. The third kappa shape index (κ3) is 2.40. The highest BCUT2D eigenvalue weighted by Gasteiger charge is 2.04. The van der Waals surface area contributed by atoms with E-state index in [4.69, 9.17) is 40.5 Å². The van der Waals surface area contributed by atoms with Crippen molar-refractivity contribution in [1.82, 2.24) is 4.98 Å². The quantitative estimate of drug-likeness (QED) is 0.842. The fraction of sp³-hybridized carbons (Fsp3) is 0. The van der Waals surface area contributed by atoms with Crippen molar-refractivity contribution < 1.29 is 0 Å². The number of halogens is 3.